The highest BCUT2D eigenvalue weighted by Gasteiger charge is 2.07. The van der Waals surface area contributed by atoms with Crippen LogP contribution in [0, 0.1) is 5.82 Å². The molecule has 0 spiro atoms. The standard InChI is InChI=1S/C13H19FN2O/c1-10(11-5-4-6-12(14)9-11)15-8-7-13(17)16(2)3/h4-6,9-10,15H,7-8H2,1-3H3/t10-/m1/s1. The number of halogens is 1. The van der Waals surface area contributed by atoms with E-state index in [0.717, 1.165) is 5.56 Å². The van der Waals surface area contributed by atoms with Crippen molar-refractivity contribution in [2.75, 3.05) is 20.6 Å². The van der Waals surface area contributed by atoms with Gasteiger partial charge in [-0.1, -0.05) is 12.1 Å². The van der Waals surface area contributed by atoms with E-state index in [4.69, 9.17) is 0 Å². The summed E-state index contributed by atoms with van der Waals surface area (Å²) in [5, 5.41) is 3.20. The van der Waals surface area contributed by atoms with Gasteiger partial charge in [-0.2, -0.15) is 0 Å². The number of nitrogens with zero attached hydrogens (tertiary/aromatic N) is 1. The Hall–Kier alpha value is -1.42. The second-order valence-corrected chi connectivity index (χ2v) is 4.27. The first-order chi connectivity index (χ1) is 8.00. The van der Waals surface area contributed by atoms with Crippen LogP contribution in [0.4, 0.5) is 4.39 Å². The van der Waals surface area contributed by atoms with Gasteiger partial charge in [-0.3, -0.25) is 4.79 Å². The summed E-state index contributed by atoms with van der Waals surface area (Å²) in [5.74, 6) is -0.149. The van der Waals surface area contributed by atoms with Crippen molar-refractivity contribution in [3.8, 4) is 0 Å². The predicted molar refractivity (Wildman–Crippen MR) is 66.1 cm³/mol. The molecule has 4 heteroatoms. The van der Waals surface area contributed by atoms with E-state index in [1.54, 1.807) is 25.1 Å². The van der Waals surface area contributed by atoms with Gasteiger partial charge < -0.3 is 10.2 Å². The first-order valence-electron chi connectivity index (χ1n) is 5.69. The molecule has 1 N–H and O–H groups in total. The van der Waals surface area contributed by atoms with E-state index < -0.39 is 0 Å². The van der Waals surface area contributed by atoms with E-state index in [9.17, 15) is 9.18 Å². The number of carbonyl (C=O) groups excluding carboxylic acids is 1. The molecule has 0 aliphatic heterocycles. The summed E-state index contributed by atoms with van der Waals surface area (Å²) in [5.41, 5.74) is 0.891. The van der Waals surface area contributed by atoms with Crippen LogP contribution in [0.2, 0.25) is 0 Å². The molecule has 1 atom stereocenters. The summed E-state index contributed by atoms with van der Waals surface area (Å²) in [4.78, 5) is 12.9. The molecule has 0 saturated carbocycles. The maximum absolute atomic E-state index is 13.0. The molecule has 0 bridgehead atoms. The van der Waals surface area contributed by atoms with Gasteiger partial charge >= 0.3 is 0 Å². The summed E-state index contributed by atoms with van der Waals surface area (Å²) in [6.07, 6.45) is 0.451. The summed E-state index contributed by atoms with van der Waals surface area (Å²) in [6.45, 7) is 2.55. The number of hydrogen-bond donors (Lipinski definition) is 1. The molecule has 0 aliphatic carbocycles. The Bertz CT molecular complexity index is 379. The van der Waals surface area contributed by atoms with Gasteiger partial charge in [0.1, 0.15) is 5.82 Å². The molecule has 0 aromatic heterocycles. The van der Waals surface area contributed by atoms with Gasteiger partial charge in [0.15, 0.2) is 0 Å². The zero-order valence-corrected chi connectivity index (χ0v) is 10.5. The lowest BCUT2D eigenvalue weighted by molar-refractivity contribution is -0.128. The van der Waals surface area contributed by atoms with Crippen LogP contribution in [0.25, 0.3) is 0 Å². The second kappa shape index (κ2) is 6.35. The van der Waals surface area contributed by atoms with Crippen molar-refractivity contribution in [2.45, 2.75) is 19.4 Å². The lowest BCUT2D eigenvalue weighted by Gasteiger charge is -2.15. The zero-order valence-electron chi connectivity index (χ0n) is 10.5. The van der Waals surface area contributed by atoms with Gasteiger partial charge in [0.05, 0.1) is 0 Å². The van der Waals surface area contributed by atoms with E-state index in [-0.39, 0.29) is 17.8 Å². The van der Waals surface area contributed by atoms with Crippen LogP contribution in [-0.4, -0.2) is 31.4 Å². The monoisotopic (exact) mass is 238 g/mol. The maximum atomic E-state index is 13.0. The van der Waals surface area contributed by atoms with Gasteiger partial charge in [0.25, 0.3) is 0 Å². The van der Waals surface area contributed by atoms with Crippen molar-refractivity contribution in [2.24, 2.45) is 0 Å². The predicted octanol–water partition coefficient (Wildman–Crippen LogP) is 1.95. The summed E-state index contributed by atoms with van der Waals surface area (Å²) < 4.78 is 13.0. The molecule has 1 rings (SSSR count). The Kier molecular flexibility index (Phi) is 5.10. The largest absolute Gasteiger partial charge is 0.349 e. The van der Waals surface area contributed by atoms with Crippen LogP contribution in [0.15, 0.2) is 24.3 Å². The lowest BCUT2D eigenvalue weighted by Crippen LogP contribution is -2.28. The van der Waals surface area contributed by atoms with Crippen molar-refractivity contribution in [3.05, 3.63) is 35.6 Å². The third kappa shape index (κ3) is 4.53. The highest BCUT2D eigenvalue weighted by atomic mass is 19.1. The summed E-state index contributed by atoms with van der Waals surface area (Å²) >= 11 is 0. The van der Waals surface area contributed by atoms with Crippen LogP contribution in [0.3, 0.4) is 0 Å². The molecule has 1 aromatic carbocycles. The number of amides is 1. The van der Waals surface area contributed by atoms with Crippen LogP contribution in [0.1, 0.15) is 24.9 Å². The summed E-state index contributed by atoms with van der Waals surface area (Å²) in [7, 11) is 3.47. The number of hydrogen-bond acceptors (Lipinski definition) is 2. The molecule has 0 saturated heterocycles. The van der Waals surface area contributed by atoms with Gasteiger partial charge in [0, 0.05) is 33.1 Å². The first-order valence-corrected chi connectivity index (χ1v) is 5.69. The Morgan fingerprint density at radius 3 is 2.76 bits per heavy atom. The normalized spacial score (nSPS) is 12.2. The van der Waals surface area contributed by atoms with Crippen molar-refractivity contribution in [1.29, 1.82) is 0 Å². The third-order valence-electron chi connectivity index (χ3n) is 2.64. The van der Waals surface area contributed by atoms with Crippen LogP contribution >= 0.6 is 0 Å². The van der Waals surface area contributed by atoms with E-state index >= 15 is 0 Å². The van der Waals surface area contributed by atoms with E-state index in [2.05, 4.69) is 5.32 Å². The Morgan fingerprint density at radius 1 is 1.47 bits per heavy atom. The smallest absolute Gasteiger partial charge is 0.223 e. The minimum atomic E-state index is -0.236. The molecule has 1 amide bonds. The molecule has 0 unspecified atom stereocenters. The Balaban J connectivity index is 2.40. The van der Waals surface area contributed by atoms with Crippen LogP contribution in [0.5, 0.6) is 0 Å². The van der Waals surface area contributed by atoms with E-state index in [1.165, 1.54) is 12.1 Å². The fourth-order valence-electron chi connectivity index (χ4n) is 1.51. The van der Waals surface area contributed by atoms with Crippen molar-refractivity contribution >= 4 is 5.91 Å². The third-order valence-corrected chi connectivity index (χ3v) is 2.64. The van der Waals surface area contributed by atoms with E-state index in [1.807, 2.05) is 13.0 Å². The number of nitrogens with one attached hydrogen (secondary N) is 1. The maximum Gasteiger partial charge on any atom is 0.223 e. The van der Waals surface area contributed by atoms with Crippen LogP contribution < -0.4 is 5.32 Å². The minimum absolute atomic E-state index is 0.0423. The molecule has 17 heavy (non-hydrogen) atoms. The Morgan fingerprint density at radius 2 is 2.18 bits per heavy atom. The van der Waals surface area contributed by atoms with Gasteiger partial charge in [-0.25, -0.2) is 4.39 Å². The highest BCUT2D eigenvalue weighted by molar-refractivity contribution is 5.75. The molecule has 3 nitrogen and oxygen atoms in total. The second-order valence-electron chi connectivity index (χ2n) is 4.27. The molecular formula is C13H19FN2O. The van der Waals surface area contributed by atoms with Gasteiger partial charge in [-0.05, 0) is 24.6 Å². The van der Waals surface area contributed by atoms with Gasteiger partial charge in [-0.15, -0.1) is 0 Å². The zero-order chi connectivity index (χ0) is 12.8. The quantitative estimate of drug-likeness (QED) is 0.850. The van der Waals surface area contributed by atoms with Crippen molar-refractivity contribution in [1.82, 2.24) is 10.2 Å². The number of rotatable bonds is 5. The topological polar surface area (TPSA) is 32.3 Å². The fourth-order valence-corrected chi connectivity index (χ4v) is 1.51. The average molecular weight is 238 g/mol. The average Bonchev–Trinajstić information content (AvgIpc) is 2.28. The molecule has 0 radical (unpaired) electrons. The SMILES string of the molecule is C[C@@H](NCCC(=O)N(C)C)c1cccc(F)c1. The minimum Gasteiger partial charge on any atom is -0.349 e. The Labute approximate surface area is 102 Å². The fraction of sp³-hybridized carbons (Fsp3) is 0.462. The van der Waals surface area contributed by atoms with Crippen molar-refractivity contribution in [3.63, 3.8) is 0 Å². The highest BCUT2D eigenvalue weighted by Crippen LogP contribution is 2.13. The van der Waals surface area contributed by atoms with Gasteiger partial charge in [0.2, 0.25) is 5.91 Å². The molecule has 94 valence electrons. The van der Waals surface area contributed by atoms with E-state index in [0.29, 0.717) is 13.0 Å². The van der Waals surface area contributed by atoms with Crippen LogP contribution in [-0.2, 0) is 4.79 Å². The molecule has 1 aromatic rings. The lowest BCUT2D eigenvalue weighted by atomic mass is 10.1. The summed E-state index contributed by atoms with van der Waals surface area (Å²) in [6, 6.07) is 6.53. The first kappa shape index (κ1) is 13.6. The molecular weight excluding hydrogens is 219 g/mol. The van der Waals surface area contributed by atoms with Crippen molar-refractivity contribution < 1.29 is 9.18 Å². The number of carbonyl (C=O) groups is 1. The molecule has 0 aliphatic rings. The number of benzene rings is 1. The molecule has 0 heterocycles. The molecule has 0 fully saturated rings.